The van der Waals surface area contributed by atoms with Crippen LogP contribution in [0.2, 0.25) is 0 Å². The van der Waals surface area contributed by atoms with Crippen LogP contribution in [0.1, 0.15) is 31.7 Å². The smallest absolute Gasteiger partial charge is 0.213 e. The monoisotopic (exact) mass is 524 g/mol. The van der Waals surface area contributed by atoms with E-state index >= 15 is 0 Å². The number of aliphatic imine (C=N–C) groups is 1. The summed E-state index contributed by atoms with van der Waals surface area (Å²) in [6, 6.07) is 8.23. The van der Waals surface area contributed by atoms with E-state index in [4.69, 9.17) is 4.74 Å². The van der Waals surface area contributed by atoms with Gasteiger partial charge in [0.05, 0.1) is 12.4 Å². The number of rotatable bonds is 8. The van der Waals surface area contributed by atoms with E-state index in [9.17, 15) is 8.42 Å². The summed E-state index contributed by atoms with van der Waals surface area (Å²) in [7, 11) is -1.33. The van der Waals surface area contributed by atoms with Crippen LogP contribution in [-0.4, -0.2) is 63.8 Å². The maximum absolute atomic E-state index is 11.9. The molecule has 0 aromatic heterocycles. The first-order chi connectivity index (χ1) is 13.0. The third-order valence-electron chi connectivity index (χ3n) is 4.74. The van der Waals surface area contributed by atoms with E-state index in [2.05, 4.69) is 15.6 Å². The molecule has 1 aliphatic rings. The Bertz CT molecular complexity index is 720. The summed E-state index contributed by atoms with van der Waals surface area (Å²) in [6.45, 7) is 6.26. The summed E-state index contributed by atoms with van der Waals surface area (Å²) in [5, 5.41) is 6.69. The predicted octanol–water partition coefficient (Wildman–Crippen LogP) is 2.36. The zero-order valence-electron chi connectivity index (χ0n) is 17.0. The van der Waals surface area contributed by atoms with Crippen LogP contribution in [0.25, 0.3) is 0 Å². The molecule has 9 heteroatoms. The Hall–Kier alpha value is -1.07. The SMILES string of the molecule is CCS(=O)(=O)N1CCC(NC(=NC)NCCCOc2ccccc2C)CC1.I. The van der Waals surface area contributed by atoms with Crippen LogP contribution in [-0.2, 0) is 10.0 Å². The first-order valence-corrected chi connectivity index (χ1v) is 11.2. The van der Waals surface area contributed by atoms with Gasteiger partial charge in [-0.15, -0.1) is 24.0 Å². The predicted molar refractivity (Wildman–Crippen MR) is 125 cm³/mol. The highest BCUT2D eigenvalue weighted by Crippen LogP contribution is 2.16. The lowest BCUT2D eigenvalue weighted by Gasteiger charge is -2.32. The molecule has 0 amide bonds. The lowest BCUT2D eigenvalue weighted by atomic mass is 10.1. The normalized spacial score (nSPS) is 16.3. The van der Waals surface area contributed by atoms with Crippen molar-refractivity contribution >= 4 is 40.0 Å². The van der Waals surface area contributed by atoms with Gasteiger partial charge >= 0.3 is 0 Å². The van der Waals surface area contributed by atoms with Crippen LogP contribution in [0.5, 0.6) is 5.75 Å². The maximum Gasteiger partial charge on any atom is 0.213 e. The third-order valence-corrected chi connectivity index (χ3v) is 6.62. The average Bonchev–Trinajstić information content (AvgIpc) is 2.68. The summed E-state index contributed by atoms with van der Waals surface area (Å²) in [4.78, 5) is 4.26. The number of nitrogens with one attached hydrogen (secondary N) is 2. The van der Waals surface area contributed by atoms with Gasteiger partial charge < -0.3 is 15.4 Å². The molecule has 1 fully saturated rings. The van der Waals surface area contributed by atoms with Crippen LogP contribution < -0.4 is 15.4 Å². The molecule has 1 aromatic carbocycles. The van der Waals surface area contributed by atoms with Gasteiger partial charge in [0.2, 0.25) is 10.0 Å². The lowest BCUT2D eigenvalue weighted by molar-refractivity contribution is 0.303. The van der Waals surface area contributed by atoms with E-state index in [-0.39, 0.29) is 35.8 Å². The molecule has 1 aromatic rings. The molecule has 2 N–H and O–H groups in total. The average molecular weight is 524 g/mol. The summed E-state index contributed by atoms with van der Waals surface area (Å²) in [5.41, 5.74) is 1.14. The fourth-order valence-corrected chi connectivity index (χ4v) is 4.16. The van der Waals surface area contributed by atoms with Crippen molar-refractivity contribution in [1.29, 1.82) is 0 Å². The molecule has 0 spiro atoms. The van der Waals surface area contributed by atoms with Crippen LogP contribution in [0.3, 0.4) is 0 Å². The first kappa shape index (κ1) is 25.0. The van der Waals surface area contributed by atoms with Crippen molar-refractivity contribution in [2.45, 2.75) is 39.2 Å². The third kappa shape index (κ3) is 7.75. The number of piperidine rings is 1. The second kappa shape index (κ2) is 12.5. The number of halogens is 1. The van der Waals surface area contributed by atoms with Gasteiger partial charge in [-0.25, -0.2) is 12.7 Å². The molecular weight excluding hydrogens is 491 g/mol. The van der Waals surface area contributed by atoms with Crippen molar-refractivity contribution in [3.8, 4) is 5.75 Å². The van der Waals surface area contributed by atoms with E-state index in [1.807, 2.05) is 31.2 Å². The van der Waals surface area contributed by atoms with Crippen molar-refractivity contribution < 1.29 is 13.2 Å². The number of nitrogens with zero attached hydrogens (tertiary/aromatic N) is 2. The Morgan fingerprint density at radius 3 is 2.57 bits per heavy atom. The fraction of sp³-hybridized carbons (Fsp3) is 0.632. The van der Waals surface area contributed by atoms with Gasteiger partial charge in [-0.2, -0.15) is 0 Å². The minimum Gasteiger partial charge on any atom is -0.493 e. The molecule has 1 saturated heterocycles. The summed E-state index contributed by atoms with van der Waals surface area (Å²) in [6.07, 6.45) is 2.44. The van der Waals surface area contributed by atoms with Crippen LogP contribution in [0.15, 0.2) is 29.3 Å². The van der Waals surface area contributed by atoms with E-state index in [0.717, 1.165) is 43.1 Å². The van der Waals surface area contributed by atoms with Gasteiger partial charge in [0.15, 0.2) is 5.96 Å². The molecule has 160 valence electrons. The van der Waals surface area contributed by atoms with Gasteiger partial charge in [0.25, 0.3) is 0 Å². The summed E-state index contributed by atoms with van der Waals surface area (Å²) < 4.78 is 31.2. The maximum atomic E-state index is 11.9. The van der Waals surface area contributed by atoms with Gasteiger partial charge in [-0.1, -0.05) is 18.2 Å². The van der Waals surface area contributed by atoms with Gasteiger partial charge in [0, 0.05) is 32.7 Å². The summed E-state index contributed by atoms with van der Waals surface area (Å²) >= 11 is 0. The Morgan fingerprint density at radius 1 is 1.29 bits per heavy atom. The zero-order valence-corrected chi connectivity index (χ0v) is 20.1. The number of benzene rings is 1. The minimum absolute atomic E-state index is 0. The lowest BCUT2D eigenvalue weighted by Crippen LogP contribution is -2.50. The molecule has 1 aliphatic heterocycles. The molecule has 1 heterocycles. The second-order valence-electron chi connectivity index (χ2n) is 6.68. The van der Waals surface area contributed by atoms with Gasteiger partial charge in [-0.3, -0.25) is 4.99 Å². The van der Waals surface area contributed by atoms with E-state index in [1.54, 1.807) is 18.3 Å². The number of ether oxygens (including phenoxy) is 1. The highest BCUT2D eigenvalue weighted by Gasteiger charge is 2.26. The quantitative estimate of drug-likeness (QED) is 0.236. The minimum atomic E-state index is -3.08. The second-order valence-corrected chi connectivity index (χ2v) is 8.94. The highest BCUT2D eigenvalue weighted by molar-refractivity contribution is 14.0. The highest BCUT2D eigenvalue weighted by atomic mass is 127. The molecule has 7 nitrogen and oxygen atoms in total. The molecule has 0 bridgehead atoms. The van der Waals surface area contributed by atoms with Crippen molar-refractivity contribution in [3.63, 3.8) is 0 Å². The van der Waals surface area contributed by atoms with Crippen LogP contribution in [0, 0.1) is 6.92 Å². The number of hydrogen-bond donors (Lipinski definition) is 2. The molecule has 28 heavy (non-hydrogen) atoms. The molecule has 0 radical (unpaired) electrons. The molecule has 0 unspecified atom stereocenters. The summed E-state index contributed by atoms with van der Waals surface area (Å²) in [5.74, 6) is 1.84. The van der Waals surface area contributed by atoms with E-state index in [1.165, 1.54) is 0 Å². The standard InChI is InChI=1S/C19H32N4O3S.HI/c1-4-27(24,25)23-13-10-17(11-14-23)22-19(20-3)21-12-7-15-26-18-9-6-5-8-16(18)2;/h5-6,8-9,17H,4,7,10-15H2,1-3H3,(H2,20,21,22);1H. The van der Waals surface area contributed by atoms with Crippen molar-refractivity contribution in [2.75, 3.05) is 39.0 Å². The molecule has 0 atom stereocenters. The Kier molecular flexibility index (Phi) is 11.1. The van der Waals surface area contributed by atoms with Crippen molar-refractivity contribution in [3.05, 3.63) is 29.8 Å². The topological polar surface area (TPSA) is 83.0 Å². The largest absolute Gasteiger partial charge is 0.493 e. The van der Waals surface area contributed by atoms with Crippen LogP contribution >= 0.6 is 24.0 Å². The first-order valence-electron chi connectivity index (χ1n) is 9.59. The molecule has 0 saturated carbocycles. The van der Waals surface area contributed by atoms with Gasteiger partial charge in [-0.05, 0) is 44.7 Å². The molecular formula is C19H33IN4O3S. The van der Waals surface area contributed by atoms with E-state index < -0.39 is 10.0 Å². The van der Waals surface area contributed by atoms with Crippen molar-refractivity contribution in [1.82, 2.24) is 14.9 Å². The number of guanidine groups is 1. The number of aryl methyl sites for hydroxylation is 1. The van der Waals surface area contributed by atoms with Crippen LogP contribution in [0.4, 0.5) is 0 Å². The zero-order chi connectivity index (χ0) is 19.7. The molecule has 2 rings (SSSR count). The Morgan fingerprint density at radius 2 is 1.96 bits per heavy atom. The fourth-order valence-electron chi connectivity index (χ4n) is 3.03. The van der Waals surface area contributed by atoms with E-state index in [0.29, 0.717) is 19.7 Å². The van der Waals surface area contributed by atoms with Gasteiger partial charge in [0.1, 0.15) is 5.75 Å². The van der Waals surface area contributed by atoms with Crippen molar-refractivity contribution in [2.24, 2.45) is 4.99 Å². The number of hydrogen-bond acceptors (Lipinski definition) is 4. The Labute approximate surface area is 186 Å². The Balaban J connectivity index is 0.00000392. The number of sulfonamides is 1. The number of para-hydroxylation sites is 1. The molecule has 0 aliphatic carbocycles.